The van der Waals surface area contributed by atoms with Gasteiger partial charge in [-0.05, 0) is 30.7 Å². The Labute approximate surface area is 125 Å². The largest absolute Gasteiger partial charge is 0.420 e. The lowest BCUT2D eigenvalue weighted by atomic mass is 10.0. The molecule has 0 radical (unpaired) electrons. The van der Waals surface area contributed by atoms with Crippen LogP contribution in [0, 0.1) is 5.82 Å². The van der Waals surface area contributed by atoms with Crippen molar-refractivity contribution in [1.82, 2.24) is 10.2 Å². The molecule has 1 aliphatic heterocycles. The van der Waals surface area contributed by atoms with Crippen LogP contribution in [0.3, 0.4) is 0 Å². The van der Waals surface area contributed by atoms with Crippen molar-refractivity contribution in [2.75, 3.05) is 0 Å². The number of amides is 3. The molecule has 1 aromatic carbocycles. The summed E-state index contributed by atoms with van der Waals surface area (Å²) in [6.07, 6.45) is -4.92. The molecule has 0 aromatic heterocycles. The number of alkyl halides is 3. The molecule has 1 saturated heterocycles. The van der Waals surface area contributed by atoms with E-state index in [9.17, 15) is 27.2 Å². The first kappa shape index (κ1) is 15.7. The highest BCUT2D eigenvalue weighted by Gasteiger charge is 2.64. The van der Waals surface area contributed by atoms with Crippen molar-refractivity contribution in [1.29, 1.82) is 0 Å². The monoisotopic (exact) mass is 368 g/mol. The predicted octanol–water partition coefficient (Wildman–Crippen LogP) is 2.96. The molecule has 1 atom stereocenters. The third-order valence-electron chi connectivity index (χ3n) is 3.10. The molecule has 1 fully saturated rings. The van der Waals surface area contributed by atoms with E-state index in [-0.39, 0.29) is 5.56 Å². The quantitative estimate of drug-likeness (QED) is 0.644. The van der Waals surface area contributed by atoms with E-state index in [0.29, 0.717) is 16.3 Å². The summed E-state index contributed by atoms with van der Waals surface area (Å²) < 4.78 is 52.2. The van der Waals surface area contributed by atoms with E-state index in [1.807, 2.05) is 0 Å². The number of benzene rings is 1. The highest BCUT2D eigenvalue weighted by molar-refractivity contribution is 9.10. The highest BCUT2D eigenvalue weighted by Crippen LogP contribution is 2.35. The van der Waals surface area contributed by atoms with Crippen LogP contribution in [0.4, 0.5) is 22.4 Å². The number of nitrogens with one attached hydrogen (secondary N) is 1. The van der Waals surface area contributed by atoms with E-state index in [0.717, 1.165) is 12.1 Å². The molecular weight excluding hydrogens is 360 g/mol. The molecule has 3 amide bonds. The number of hydrogen-bond donors (Lipinski definition) is 1. The normalized spacial score (nSPS) is 22.7. The molecule has 1 N–H and O–H groups in total. The van der Waals surface area contributed by atoms with Crippen molar-refractivity contribution in [2.45, 2.75) is 25.2 Å². The number of nitrogens with zero attached hydrogens (tertiary/aromatic N) is 1. The minimum atomic E-state index is -4.92. The first-order chi connectivity index (χ1) is 9.54. The Morgan fingerprint density at radius 3 is 2.38 bits per heavy atom. The Morgan fingerprint density at radius 1 is 1.29 bits per heavy atom. The Bertz CT molecular complexity index is 600. The average Bonchev–Trinajstić information content (AvgIpc) is 2.52. The second-order valence-electron chi connectivity index (χ2n) is 4.72. The van der Waals surface area contributed by atoms with Gasteiger partial charge in [0.25, 0.3) is 5.91 Å². The molecule has 4 nitrogen and oxygen atoms in total. The lowest BCUT2D eigenvalue weighted by Crippen LogP contribution is -2.56. The zero-order valence-electron chi connectivity index (χ0n) is 10.6. The molecule has 21 heavy (non-hydrogen) atoms. The van der Waals surface area contributed by atoms with E-state index in [1.54, 1.807) is 5.32 Å². The Kier molecular flexibility index (Phi) is 3.73. The minimum absolute atomic E-state index is 0.191. The van der Waals surface area contributed by atoms with Gasteiger partial charge in [-0.25, -0.2) is 9.18 Å². The molecule has 0 saturated carbocycles. The van der Waals surface area contributed by atoms with Gasteiger partial charge in [-0.15, -0.1) is 0 Å². The van der Waals surface area contributed by atoms with Crippen LogP contribution < -0.4 is 5.32 Å². The molecule has 1 aliphatic rings. The Hall–Kier alpha value is -1.64. The third-order valence-corrected chi connectivity index (χ3v) is 3.56. The van der Waals surface area contributed by atoms with Crippen LogP contribution in [0.2, 0.25) is 0 Å². The van der Waals surface area contributed by atoms with Crippen LogP contribution >= 0.6 is 15.9 Å². The summed E-state index contributed by atoms with van der Waals surface area (Å²) in [7, 11) is 0. The van der Waals surface area contributed by atoms with Crippen molar-refractivity contribution in [2.24, 2.45) is 0 Å². The third kappa shape index (κ3) is 2.74. The molecule has 1 heterocycles. The van der Waals surface area contributed by atoms with E-state index < -0.39 is 36.0 Å². The van der Waals surface area contributed by atoms with Gasteiger partial charge in [-0.3, -0.25) is 9.69 Å². The zero-order chi connectivity index (χ0) is 16.0. The minimum Gasteiger partial charge on any atom is -0.316 e. The summed E-state index contributed by atoms with van der Waals surface area (Å²) in [6, 6.07) is 2.43. The topological polar surface area (TPSA) is 49.4 Å². The molecule has 2 rings (SSSR count). The molecule has 1 unspecified atom stereocenters. The molecule has 0 aliphatic carbocycles. The van der Waals surface area contributed by atoms with Gasteiger partial charge in [0.1, 0.15) is 5.82 Å². The summed E-state index contributed by atoms with van der Waals surface area (Å²) in [4.78, 5) is 23.9. The number of imide groups is 1. The molecule has 0 bridgehead atoms. The van der Waals surface area contributed by atoms with E-state index in [2.05, 4.69) is 15.9 Å². The fourth-order valence-electron chi connectivity index (χ4n) is 1.92. The van der Waals surface area contributed by atoms with E-state index >= 15 is 0 Å². The van der Waals surface area contributed by atoms with Gasteiger partial charge < -0.3 is 5.32 Å². The number of hydrogen-bond acceptors (Lipinski definition) is 2. The van der Waals surface area contributed by atoms with Crippen LogP contribution in [0.25, 0.3) is 0 Å². The van der Waals surface area contributed by atoms with Gasteiger partial charge >= 0.3 is 12.2 Å². The van der Waals surface area contributed by atoms with Crippen LogP contribution in [-0.2, 0) is 11.3 Å². The maximum Gasteiger partial charge on any atom is 0.420 e. The van der Waals surface area contributed by atoms with Crippen molar-refractivity contribution in [3.05, 3.63) is 34.1 Å². The highest BCUT2D eigenvalue weighted by atomic mass is 79.9. The molecule has 1 aromatic rings. The Morgan fingerprint density at radius 2 is 1.90 bits per heavy atom. The molecule has 0 spiro atoms. The van der Waals surface area contributed by atoms with Crippen molar-refractivity contribution >= 4 is 27.9 Å². The lowest BCUT2D eigenvalue weighted by Gasteiger charge is -2.24. The average molecular weight is 369 g/mol. The predicted molar refractivity (Wildman–Crippen MR) is 67.6 cm³/mol. The zero-order valence-corrected chi connectivity index (χ0v) is 12.2. The van der Waals surface area contributed by atoms with Crippen LogP contribution in [-0.4, -0.2) is 28.6 Å². The van der Waals surface area contributed by atoms with Crippen LogP contribution in [0.15, 0.2) is 22.7 Å². The summed E-state index contributed by atoms with van der Waals surface area (Å²) >= 11 is 3.02. The number of carbonyl (C=O) groups excluding carboxylic acids is 2. The van der Waals surface area contributed by atoms with Gasteiger partial charge in [0.15, 0.2) is 0 Å². The van der Waals surface area contributed by atoms with Crippen molar-refractivity contribution in [3.63, 3.8) is 0 Å². The lowest BCUT2D eigenvalue weighted by molar-refractivity contribution is -0.191. The number of rotatable bonds is 2. The fraction of sp³-hybridized carbons (Fsp3) is 0.333. The van der Waals surface area contributed by atoms with Crippen LogP contribution in [0.1, 0.15) is 12.5 Å². The van der Waals surface area contributed by atoms with Gasteiger partial charge in [-0.2, -0.15) is 13.2 Å². The summed E-state index contributed by atoms with van der Waals surface area (Å²) in [5.74, 6) is -2.05. The second-order valence-corrected chi connectivity index (χ2v) is 5.64. The first-order valence-electron chi connectivity index (χ1n) is 5.70. The van der Waals surface area contributed by atoms with Gasteiger partial charge in [0.05, 0.1) is 6.54 Å². The summed E-state index contributed by atoms with van der Waals surface area (Å²) in [5, 5.41) is 1.63. The Balaban J connectivity index is 2.29. The summed E-state index contributed by atoms with van der Waals surface area (Å²) in [6.45, 7) is 0.140. The maximum absolute atomic E-state index is 13.2. The SMILES string of the molecule is CC1(C(F)(F)F)NC(=O)N(Cc2cc(F)cc(Br)c2)C1=O. The van der Waals surface area contributed by atoms with Gasteiger partial charge in [0, 0.05) is 4.47 Å². The smallest absolute Gasteiger partial charge is 0.316 e. The van der Waals surface area contributed by atoms with Crippen LogP contribution in [0.5, 0.6) is 0 Å². The maximum atomic E-state index is 13.2. The number of urea groups is 1. The number of halogens is 5. The molecular formula is C12H9BrF4N2O2. The van der Waals surface area contributed by atoms with Gasteiger partial charge in [-0.1, -0.05) is 15.9 Å². The van der Waals surface area contributed by atoms with E-state index in [1.165, 1.54) is 6.07 Å². The summed E-state index contributed by atoms with van der Waals surface area (Å²) in [5.41, 5.74) is -2.77. The molecule has 114 valence electrons. The second kappa shape index (κ2) is 4.97. The standard InChI is InChI=1S/C12H9BrF4N2O2/c1-11(12(15,16)17)9(20)19(10(21)18-11)5-6-2-7(13)4-8(14)3-6/h2-4H,5H2,1H3,(H,18,21). The van der Waals surface area contributed by atoms with Crippen molar-refractivity contribution in [3.8, 4) is 0 Å². The fourth-order valence-corrected chi connectivity index (χ4v) is 2.43. The first-order valence-corrected chi connectivity index (χ1v) is 6.50. The number of carbonyl (C=O) groups is 2. The molecule has 9 heteroatoms. The van der Waals surface area contributed by atoms with E-state index in [4.69, 9.17) is 0 Å². The van der Waals surface area contributed by atoms with Gasteiger partial charge in [0.2, 0.25) is 5.54 Å². The van der Waals surface area contributed by atoms with Crippen molar-refractivity contribution < 1.29 is 27.2 Å².